The van der Waals surface area contributed by atoms with Crippen molar-refractivity contribution in [2.45, 2.75) is 58.1 Å². The molecule has 2 aromatic rings. The van der Waals surface area contributed by atoms with Crippen LogP contribution in [0.25, 0.3) is 0 Å². The number of rotatable bonds is 4. The molecule has 0 unspecified atom stereocenters. The van der Waals surface area contributed by atoms with E-state index < -0.39 is 0 Å². The van der Waals surface area contributed by atoms with Crippen LogP contribution < -0.4 is 15.2 Å². The number of pyridine rings is 1. The van der Waals surface area contributed by atoms with E-state index in [1.165, 1.54) is 30.2 Å². The number of carbonyl (C=O) groups is 1. The first-order valence-electron chi connectivity index (χ1n) is 12.4. The number of nitrogens with zero attached hydrogens (tertiary/aromatic N) is 3. The van der Waals surface area contributed by atoms with E-state index in [2.05, 4.69) is 41.9 Å². The van der Waals surface area contributed by atoms with Crippen LogP contribution in [-0.4, -0.2) is 59.6 Å². The van der Waals surface area contributed by atoms with E-state index in [1.807, 2.05) is 4.90 Å². The van der Waals surface area contributed by atoms with Crippen LogP contribution in [0.15, 0.2) is 30.5 Å². The van der Waals surface area contributed by atoms with E-state index in [0.29, 0.717) is 22.5 Å². The summed E-state index contributed by atoms with van der Waals surface area (Å²) in [6.45, 7) is 9.01. The fourth-order valence-electron chi connectivity index (χ4n) is 5.83. The fraction of sp³-hybridized carbons (Fsp3) is 0.556. The molecule has 2 fully saturated rings. The fourth-order valence-corrected chi connectivity index (χ4v) is 5.83. The number of ether oxygens (including phenoxy) is 2. The van der Waals surface area contributed by atoms with Crippen molar-refractivity contribution in [3.8, 4) is 11.6 Å². The van der Waals surface area contributed by atoms with Gasteiger partial charge in [-0.25, -0.2) is 4.98 Å². The monoisotopic (exact) mass is 464 g/mol. The summed E-state index contributed by atoms with van der Waals surface area (Å²) in [5.74, 6) is 1.49. The Bertz CT molecular complexity index is 1070. The molecular formula is C27H36N4O3. The maximum Gasteiger partial charge on any atom is 0.256 e. The SMILES string of the molecule is COc1cc(C(=O)N2CCC3(CCN(Cc4cccc5c4OC(C)(C)C5)CC3)CC2)c(N)cn1. The Labute approximate surface area is 202 Å². The van der Waals surface area contributed by atoms with E-state index in [0.717, 1.165) is 57.7 Å². The van der Waals surface area contributed by atoms with Crippen LogP contribution in [0, 0.1) is 5.41 Å². The van der Waals surface area contributed by atoms with Gasteiger partial charge in [-0.15, -0.1) is 0 Å². The van der Waals surface area contributed by atoms with Gasteiger partial charge in [-0.1, -0.05) is 18.2 Å². The molecule has 0 atom stereocenters. The van der Waals surface area contributed by atoms with E-state index in [1.54, 1.807) is 13.2 Å². The smallest absolute Gasteiger partial charge is 0.256 e. The van der Waals surface area contributed by atoms with Gasteiger partial charge in [0, 0.05) is 37.7 Å². The number of hydrogen-bond donors (Lipinski definition) is 1. The summed E-state index contributed by atoms with van der Waals surface area (Å²) in [5.41, 5.74) is 9.80. The second-order valence-corrected chi connectivity index (χ2v) is 10.8. The number of likely N-dealkylation sites (tertiary alicyclic amines) is 2. The van der Waals surface area contributed by atoms with Crippen molar-refractivity contribution in [1.82, 2.24) is 14.8 Å². The lowest BCUT2D eigenvalue weighted by Crippen LogP contribution is -2.48. The van der Waals surface area contributed by atoms with Crippen molar-refractivity contribution in [3.63, 3.8) is 0 Å². The van der Waals surface area contributed by atoms with E-state index in [-0.39, 0.29) is 11.5 Å². The molecule has 2 N–H and O–H groups in total. The molecule has 0 saturated carbocycles. The third kappa shape index (κ3) is 4.45. The zero-order valence-electron chi connectivity index (χ0n) is 20.6. The van der Waals surface area contributed by atoms with E-state index in [9.17, 15) is 4.79 Å². The predicted molar refractivity (Wildman–Crippen MR) is 132 cm³/mol. The second-order valence-electron chi connectivity index (χ2n) is 10.8. The lowest BCUT2D eigenvalue weighted by Gasteiger charge is -2.47. The van der Waals surface area contributed by atoms with Crippen LogP contribution in [0.2, 0.25) is 0 Å². The lowest BCUT2D eigenvalue weighted by atomic mass is 9.71. The average molecular weight is 465 g/mol. The third-order valence-electron chi connectivity index (χ3n) is 7.94. The molecule has 34 heavy (non-hydrogen) atoms. The molecule has 0 radical (unpaired) electrons. The van der Waals surface area contributed by atoms with Gasteiger partial charge in [0.15, 0.2) is 0 Å². The van der Waals surface area contributed by atoms with Gasteiger partial charge in [0.25, 0.3) is 5.91 Å². The Balaban J connectivity index is 1.17. The number of nitrogen functional groups attached to an aromatic ring is 1. The molecule has 1 amide bonds. The molecule has 3 aliphatic heterocycles. The molecule has 4 heterocycles. The van der Waals surface area contributed by atoms with Crippen molar-refractivity contribution in [3.05, 3.63) is 47.2 Å². The van der Waals surface area contributed by atoms with Crippen molar-refractivity contribution < 1.29 is 14.3 Å². The summed E-state index contributed by atoms with van der Waals surface area (Å²) in [4.78, 5) is 21.7. The van der Waals surface area contributed by atoms with Crippen LogP contribution in [0.1, 0.15) is 61.0 Å². The molecule has 7 heteroatoms. The molecule has 1 aromatic heterocycles. The zero-order valence-corrected chi connectivity index (χ0v) is 20.6. The Morgan fingerprint density at radius 1 is 1.15 bits per heavy atom. The first kappa shape index (κ1) is 23.0. The Morgan fingerprint density at radius 3 is 2.56 bits per heavy atom. The molecule has 182 valence electrons. The van der Waals surface area contributed by atoms with Crippen LogP contribution in [0.3, 0.4) is 0 Å². The number of benzene rings is 1. The van der Waals surface area contributed by atoms with Gasteiger partial charge in [-0.3, -0.25) is 9.69 Å². The number of hydrogen-bond acceptors (Lipinski definition) is 6. The number of carbonyl (C=O) groups excluding carboxylic acids is 1. The standard InChI is InChI=1S/C27H36N4O3/c1-26(2)16-19-5-4-6-20(24(19)34-26)18-30-11-7-27(8-12-30)9-13-31(14-10-27)25(32)21-15-23(33-3)29-17-22(21)28/h4-6,15,17H,7-14,16,18,28H2,1-3H3. The Hall–Kier alpha value is -2.80. The molecule has 3 aliphatic rings. The molecule has 0 bridgehead atoms. The topological polar surface area (TPSA) is 80.9 Å². The normalized spacial score (nSPS) is 21.2. The van der Waals surface area contributed by atoms with E-state index in [4.69, 9.17) is 15.2 Å². The summed E-state index contributed by atoms with van der Waals surface area (Å²) in [7, 11) is 1.54. The molecule has 0 aliphatic carbocycles. The molecular weight excluding hydrogens is 428 g/mol. The highest BCUT2D eigenvalue weighted by Gasteiger charge is 2.39. The minimum atomic E-state index is -0.109. The second kappa shape index (κ2) is 8.77. The Kier molecular flexibility index (Phi) is 5.92. The van der Waals surface area contributed by atoms with Crippen LogP contribution in [0.4, 0.5) is 5.69 Å². The first-order valence-corrected chi connectivity index (χ1v) is 12.4. The van der Waals surface area contributed by atoms with Gasteiger partial charge in [-0.05, 0) is 63.6 Å². The van der Waals surface area contributed by atoms with Crippen molar-refractivity contribution in [2.75, 3.05) is 39.0 Å². The maximum atomic E-state index is 13.1. The minimum Gasteiger partial charge on any atom is -0.487 e. The number of nitrogens with two attached hydrogens (primary N) is 1. The van der Waals surface area contributed by atoms with Gasteiger partial charge in [-0.2, -0.15) is 0 Å². The predicted octanol–water partition coefficient (Wildman–Crippen LogP) is 3.90. The number of anilines is 1. The van der Waals surface area contributed by atoms with Crippen LogP contribution in [0.5, 0.6) is 11.6 Å². The number of fused-ring (bicyclic) bond motifs is 1. The average Bonchev–Trinajstić information content (AvgIpc) is 3.16. The highest BCUT2D eigenvalue weighted by Crippen LogP contribution is 2.43. The van der Waals surface area contributed by atoms with Gasteiger partial charge >= 0.3 is 0 Å². The van der Waals surface area contributed by atoms with Crippen molar-refractivity contribution in [2.24, 2.45) is 5.41 Å². The van der Waals surface area contributed by atoms with Gasteiger partial charge in [0.2, 0.25) is 5.88 Å². The van der Waals surface area contributed by atoms with Gasteiger partial charge in [0.05, 0.1) is 24.6 Å². The molecule has 1 spiro atoms. The van der Waals surface area contributed by atoms with Crippen LogP contribution in [-0.2, 0) is 13.0 Å². The first-order chi connectivity index (χ1) is 16.3. The minimum absolute atomic E-state index is 0.0219. The summed E-state index contributed by atoms with van der Waals surface area (Å²) in [6.07, 6.45) is 6.94. The molecule has 2 saturated heterocycles. The number of piperidine rings is 2. The summed E-state index contributed by atoms with van der Waals surface area (Å²) in [5, 5.41) is 0. The number of methoxy groups -OCH3 is 1. The molecule has 5 rings (SSSR count). The largest absolute Gasteiger partial charge is 0.487 e. The quantitative estimate of drug-likeness (QED) is 0.739. The zero-order chi connectivity index (χ0) is 23.9. The highest BCUT2D eigenvalue weighted by atomic mass is 16.5. The number of para-hydroxylation sites is 1. The number of aromatic nitrogens is 1. The highest BCUT2D eigenvalue weighted by molar-refractivity contribution is 5.99. The number of amides is 1. The van der Waals surface area contributed by atoms with E-state index >= 15 is 0 Å². The maximum absolute atomic E-state index is 13.1. The molecule has 7 nitrogen and oxygen atoms in total. The van der Waals surface area contributed by atoms with Crippen LogP contribution >= 0.6 is 0 Å². The van der Waals surface area contributed by atoms with Gasteiger partial charge in [0.1, 0.15) is 11.4 Å². The molecule has 1 aromatic carbocycles. The lowest BCUT2D eigenvalue weighted by molar-refractivity contribution is 0.0282. The Morgan fingerprint density at radius 2 is 1.85 bits per heavy atom. The van der Waals surface area contributed by atoms with Crippen molar-refractivity contribution in [1.29, 1.82) is 0 Å². The summed E-state index contributed by atoms with van der Waals surface area (Å²) in [6, 6.07) is 8.23. The summed E-state index contributed by atoms with van der Waals surface area (Å²) >= 11 is 0. The summed E-state index contributed by atoms with van der Waals surface area (Å²) < 4.78 is 11.5. The third-order valence-corrected chi connectivity index (χ3v) is 7.94. The van der Waals surface area contributed by atoms with Crippen molar-refractivity contribution >= 4 is 11.6 Å². The van der Waals surface area contributed by atoms with Gasteiger partial charge < -0.3 is 20.1 Å².